The van der Waals surface area contributed by atoms with Crippen molar-refractivity contribution in [2.45, 2.75) is 38.7 Å². The number of aryl methyl sites for hydroxylation is 2. The Hall–Kier alpha value is -4.17. The summed E-state index contributed by atoms with van der Waals surface area (Å²) in [6, 6.07) is 19.1. The van der Waals surface area contributed by atoms with Crippen LogP contribution in [0.2, 0.25) is 0 Å². The molecule has 1 amide bonds. The fraction of sp³-hybridized carbons (Fsp3) is 0.250. The highest BCUT2D eigenvalue weighted by atomic mass is 16.5. The van der Waals surface area contributed by atoms with Crippen molar-refractivity contribution in [3.8, 4) is 5.75 Å². The molecule has 3 rings (SSSR count). The molecular formula is C28H29NO7. The minimum absolute atomic E-state index is 0.0556. The first-order chi connectivity index (χ1) is 17.4. The van der Waals surface area contributed by atoms with E-state index in [9.17, 15) is 19.5 Å². The zero-order chi connectivity index (χ0) is 25.9. The fourth-order valence-corrected chi connectivity index (χ4v) is 3.65. The summed E-state index contributed by atoms with van der Waals surface area (Å²) >= 11 is 0. The molecule has 0 spiro atoms. The Kier molecular flexibility index (Phi) is 9.59. The number of anilines is 1. The van der Waals surface area contributed by atoms with E-state index < -0.39 is 11.9 Å². The fourth-order valence-electron chi connectivity index (χ4n) is 3.65. The molecule has 8 heteroatoms. The van der Waals surface area contributed by atoms with E-state index in [1.807, 2.05) is 48.5 Å². The van der Waals surface area contributed by atoms with Crippen LogP contribution in [0.3, 0.4) is 0 Å². The summed E-state index contributed by atoms with van der Waals surface area (Å²) in [7, 11) is 0. The zero-order valence-electron chi connectivity index (χ0n) is 19.8. The molecule has 0 saturated carbocycles. The van der Waals surface area contributed by atoms with Gasteiger partial charge in [-0.05, 0) is 72.7 Å². The SMILES string of the molecule is O=C(CCc1ccc(OCCCCc2ccc(CO)cc2)cc1)Nc1ccc(C(=O)O)c(C(=O)O)c1. The van der Waals surface area contributed by atoms with Crippen molar-refractivity contribution >= 4 is 23.5 Å². The number of aliphatic hydroxyl groups excluding tert-OH is 1. The van der Waals surface area contributed by atoms with Gasteiger partial charge in [0.25, 0.3) is 0 Å². The molecule has 4 N–H and O–H groups in total. The van der Waals surface area contributed by atoms with Crippen molar-refractivity contribution in [1.29, 1.82) is 0 Å². The number of amides is 1. The maximum absolute atomic E-state index is 12.3. The molecular weight excluding hydrogens is 462 g/mol. The van der Waals surface area contributed by atoms with Crippen LogP contribution >= 0.6 is 0 Å². The Bertz CT molecular complexity index is 1190. The predicted octanol–water partition coefficient (Wildman–Crippen LogP) is 4.55. The smallest absolute Gasteiger partial charge is 0.336 e. The van der Waals surface area contributed by atoms with E-state index in [1.54, 1.807) is 0 Å². The van der Waals surface area contributed by atoms with Gasteiger partial charge in [-0.3, -0.25) is 4.79 Å². The van der Waals surface area contributed by atoms with Crippen LogP contribution in [0.1, 0.15) is 56.7 Å². The van der Waals surface area contributed by atoms with Gasteiger partial charge in [-0.2, -0.15) is 0 Å². The summed E-state index contributed by atoms with van der Waals surface area (Å²) in [4.78, 5) is 34.7. The van der Waals surface area contributed by atoms with Crippen LogP contribution in [0.5, 0.6) is 5.75 Å². The molecule has 0 saturated heterocycles. The molecule has 0 heterocycles. The summed E-state index contributed by atoms with van der Waals surface area (Å²) in [6.07, 6.45) is 3.54. The van der Waals surface area contributed by atoms with Crippen molar-refractivity contribution in [2.75, 3.05) is 11.9 Å². The molecule has 0 bridgehead atoms. The molecule has 3 aromatic carbocycles. The van der Waals surface area contributed by atoms with E-state index in [2.05, 4.69) is 5.32 Å². The lowest BCUT2D eigenvalue weighted by Gasteiger charge is -2.09. The first kappa shape index (κ1) is 26.4. The van der Waals surface area contributed by atoms with Crippen molar-refractivity contribution in [3.63, 3.8) is 0 Å². The number of carboxylic acid groups (broad SMARTS) is 2. The van der Waals surface area contributed by atoms with Gasteiger partial charge in [-0.1, -0.05) is 36.4 Å². The van der Waals surface area contributed by atoms with E-state index in [0.29, 0.717) is 13.0 Å². The van der Waals surface area contributed by atoms with E-state index in [0.717, 1.165) is 48.3 Å². The number of aromatic carboxylic acids is 2. The zero-order valence-corrected chi connectivity index (χ0v) is 19.8. The van der Waals surface area contributed by atoms with Crippen LogP contribution < -0.4 is 10.1 Å². The number of carbonyl (C=O) groups is 3. The van der Waals surface area contributed by atoms with Crippen LogP contribution in [0, 0.1) is 0 Å². The van der Waals surface area contributed by atoms with Gasteiger partial charge in [-0.25, -0.2) is 9.59 Å². The van der Waals surface area contributed by atoms with Crippen molar-refractivity contribution in [2.24, 2.45) is 0 Å². The Balaban J connectivity index is 1.39. The maximum Gasteiger partial charge on any atom is 0.336 e. The van der Waals surface area contributed by atoms with E-state index in [1.165, 1.54) is 11.6 Å². The van der Waals surface area contributed by atoms with Crippen molar-refractivity contribution in [3.05, 3.63) is 94.5 Å². The quantitative estimate of drug-likeness (QED) is 0.258. The lowest BCUT2D eigenvalue weighted by Crippen LogP contribution is -2.14. The predicted molar refractivity (Wildman–Crippen MR) is 135 cm³/mol. The molecule has 0 unspecified atom stereocenters. The Labute approximate surface area is 209 Å². The molecule has 8 nitrogen and oxygen atoms in total. The highest BCUT2D eigenvalue weighted by Crippen LogP contribution is 2.18. The normalized spacial score (nSPS) is 10.6. The molecule has 36 heavy (non-hydrogen) atoms. The molecule has 0 aliphatic heterocycles. The summed E-state index contributed by atoms with van der Waals surface area (Å²) < 4.78 is 5.79. The number of carbonyl (C=O) groups excluding carboxylic acids is 1. The molecule has 188 valence electrons. The number of nitrogens with one attached hydrogen (secondary N) is 1. The van der Waals surface area contributed by atoms with Crippen molar-refractivity contribution in [1.82, 2.24) is 0 Å². The number of carboxylic acids is 2. The largest absolute Gasteiger partial charge is 0.494 e. The molecule has 0 fully saturated rings. The molecule has 0 radical (unpaired) electrons. The van der Waals surface area contributed by atoms with Crippen LogP contribution in [0.15, 0.2) is 66.7 Å². The standard InChI is InChI=1S/C28H29NO7/c30-18-21-6-4-19(5-7-21)3-1-2-16-36-23-12-8-20(9-13-23)10-15-26(31)29-22-11-14-24(27(32)33)25(17-22)28(34)35/h4-9,11-14,17,30H,1-3,10,15-16,18H2,(H,29,31)(H,32,33)(H,34,35). The van der Waals surface area contributed by atoms with E-state index in [4.69, 9.17) is 14.9 Å². The number of hydrogen-bond donors (Lipinski definition) is 4. The number of aliphatic hydroxyl groups is 1. The Morgan fingerprint density at radius 3 is 1.97 bits per heavy atom. The number of ether oxygens (including phenoxy) is 1. The summed E-state index contributed by atoms with van der Waals surface area (Å²) in [5, 5.41) is 30.0. The second-order valence-corrected chi connectivity index (χ2v) is 8.34. The average molecular weight is 492 g/mol. The third-order valence-electron chi connectivity index (χ3n) is 5.66. The number of unbranched alkanes of at least 4 members (excludes halogenated alkanes) is 1. The van der Waals surface area contributed by atoms with Gasteiger partial charge in [-0.15, -0.1) is 0 Å². The van der Waals surface area contributed by atoms with Gasteiger partial charge in [0.05, 0.1) is 24.3 Å². The van der Waals surface area contributed by atoms with Crippen LogP contribution in [-0.2, 0) is 24.2 Å². The summed E-state index contributed by atoms with van der Waals surface area (Å²) in [5.41, 5.74) is 2.61. The minimum atomic E-state index is -1.38. The summed E-state index contributed by atoms with van der Waals surface area (Å²) in [5.74, 6) is -2.27. The number of hydrogen-bond acceptors (Lipinski definition) is 5. The van der Waals surface area contributed by atoms with E-state index in [-0.39, 0.29) is 35.7 Å². The highest BCUT2D eigenvalue weighted by Gasteiger charge is 2.17. The molecule has 0 atom stereocenters. The Morgan fingerprint density at radius 1 is 0.722 bits per heavy atom. The van der Waals surface area contributed by atoms with Gasteiger partial charge < -0.3 is 25.4 Å². The van der Waals surface area contributed by atoms with Gasteiger partial charge in [0.15, 0.2) is 0 Å². The van der Waals surface area contributed by atoms with Crippen molar-refractivity contribution < 1.29 is 34.4 Å². The van der Waals surface area contributed by atoms with Gasteiger partial charge in [0, 0.05) is 12.1 Å². The van der Waals surface area contributed by atoms with Gasteiger partial charge >= 0.3 is 11.9 Å². The molecule has 0 aliphatic rings. The average Bonchev–Trinajstić information content (AvgIpc) is 2.88. The topological polar surface area (TPSA) is 133 Å². The lowest BCUT2D eigenvalue weighted by molar-refractivity contribution is -0.116. The first-order valence-corrected chi connectivity index (χ1v) is 11.7. The number of benzene rings is 3. The van der Waals surface area contributed by atoms with Gasteiger partial charge in [0.2, 0.25) is 5.91 Å². The molecule has 0 aromatic heterocycles. The third-order valence-corrected chi connectivity index (χ3v) is 5.66. The second-order valence-electron chi connectivity index (χ2n) is 8.34. The van der Waals surface area contributed by atoms with Crippen LogP contribution in [0.25, 0.3) is 0 Å². The Morgan fingerprint density at radius 2 is 1.33 bits per heavy atom. The minimum Gasteiger partial charge on any atom is -0.494 e. The second kappa shape index (κ2) is 13.1. The number of rotatable bonds is 13. The summed E-state index contributed by atoms with van der Waals surface area (Å²) in [6.45, 7) is 0.662. The van der Waals surface area contributed by atoms with E-state index >= 15 is 0 Å². The first-order valence-electron chi connectivity index (χ1n) is 11.7. The molecule has 0 aliphatic carbocycles. The molecule has 3 aromatic rings. The van der Waals surface area contributed by atoms with Gasteiger partial charge in [0.1, 0.15) is 5.75 Å². The van der Waals surface area contributed by atoms with Crippen LogP contribution in [0.4, 0.5) is 5.69 Å². The highest BCUT2D eigenvalue weighted by molar-refractivity contribution is 6.03. The maximum atomic E-state index is 12.3. The van der Waals surface area contributed by atoms with Crippen LogP contribution in [-0.4, -0.2) is 39.8 Å². The lowest BCUT2D eigenvalue weighted by atomic mass is 10.1. The monoisotopic (exact) mass is 491 g/mol. The third kappa shape index (κ3) is 7.95.